The molecule has 1 aromatic carbocycles. The molecule has 0 spiro atoms. The van der Waals surface area contributed by atoms with E-state index in [2.05, 4.69) is 5.32 Å². The summed E-state index contributed by atoms with van der Waals surface area (Å²) in [4.78, 5) is 28.9. The van der Waals surface area contributed by atoms with E-state index in [9.17, 15) is 9.59 Å². The molecule has 0 unspecified atom stereocenters. The van der Waals surface area contributed by atoms with E-state index in [1.54, 1.807) is 36.3 Å². The number of rotatable bonds is 7. The lowest BCUT2D eigenvalue weighted by Gasteiger charge is -2.33. The average Bonchev–Trinajstić information content (AvgIpc) is 3.42. The van der Waals surface area contributed by atoms with Crippen molar-refractivity contribution in [1.29, 1.82) is 0 Å². The Morgan fingerprint density at radius 1 is 1.06 bits per heavy atom. The Balaban J connectivity index is 1.29. The number of amides is 2. The maximum atomic E-state index is 12.6. The molecule has 1 fully saturated rings. The van der Waals surface area contributed by atoms with Gasteiger partial charge in [-0.25, -0.2) is 0 Å². The molecular formula is C21H25N3O7. The molecule has 0 aliphatic carbocycles. The van der Waals surface area contributed by atoms with Crippen LogP contribution in [0.1, 0.15) is 16.3 Å². The molecule has 2 aliphatic rings. The lowest BCUT2D eigenvalue weighted by molar-refractivity contribution is -0.117. The van der Waals surface area contributed by atoms with Crippen molar-refractivity contribution in [2.75, 3.05) is 59.1 Å². The van der Waals surface area contributed by atoms with Gasteiger partial charge in [0.05, 0.1) is 19.3 Å². The molecule has 2 aromatic rings. The number of ether oxygens (including phenoxy) is 4. The highest BCUT2D eigenvalue weighted by molar-refractivity contribution is 5.94. The van der Waals surface area contributed by atoms with Gasteiger partial charge in [0, 0.05) is 45.4 Å². The first-order valence-corrected chi connectivity index (χ1v) is 9.94. The van der Waals surface area contributed by atoms with Gasteiger partial charge in [-0.2, -0.15) is 0 Å². The summed E-state index contributed by atoms with van der Waals surface area (Å²) in [5.41, 5.74) is 0.523. The molecule has 31 heavy (non-hydrogen) atoms. The summed E-state index contributed by atoms with van der Waals surface area (Å²) >= 11 is 0. The molecule has 0 saturated carbocycles. The van der Waals surface area contributed by atoms with Crippen LogP contribution in [0, 0.1) is 0 Å². The first kappa shape index (κ1) is 21.0. The lowest BCUT2D eigenvalue weighted by atomic mass is 10.2. The van der Waals surface area contributed by atoms with E-state index in [0.717, 1.165) is 0 Å². The van der Waals surface area contributed by atoms with E-state index >= 15 is 0 Å². The van der Waals surface area contributed by atoms with Crippen molar-refractivity contribution in [2.24, 2.45) is 0 Å². The molecule has 1 N–H and O–H groups in total. The number of piperazine rings is 1. The minimum absolute atomic E-state index is 0.143. The van der Waals surface area contributed by atoms with E-state index in [0.29, 0.717) is 67.2 Å². The van der Waals surface area contributed by atoms with Crippen LogP contribution in [0.4, 0.5) is 5.69 Å². The van der Waals surface area contributed by atoms with Crippen LogP contribution < -0.4 is 19.5 Å². The van der Waals surface area contributed by atoms with Crippen LogP contribution in [0.25, 0.3) is 0 Å². The first-order chi connectivity index (χ1) is 15.1. The number of carbonyl (C=O) groups excluding carboxylic acids is 2. The van der Waals surface area contributed by atoms with Gasteiger partial charge in [0.1, 0.15) is 18.1 Å². The van der Waals surface area contributed by atoms with Crippen molar-refractivity contribution in [3.05, 3.63) is 35.8 Å². The van der Waals surface area contributed by atoms with Crippen LogP contribution in [0.2, 0.25) is 0 Å². The Labute approximate surface area is 179 Å². The van der Waals surface area contributed by atoms with Crippen LogP contribution in [0.3, 0.4) is 0 Å². The third kappa shape index (κ3) is 4.75. The second kappa shape index (κ2) is 9.27. The van der Waals surface area contributed by atoms with Crippen molar-refractivity contribution >= 4 is 17.5 Å². The van der Waals surface area contributed by atoms with Crippen molar-refractivity contribution in [3.63, 3.8) is 0 Å². The molecule has 0 bridgehead atoms. The molecule has 4 rings (SSSR count). The number of benzene rings is 1. The average molecular weight is 431 g/mol. The number of nitrogens with one attached hydrogen (secondary N) is 1. The standard InChI is InChI=1S/C21H25N3O7/c1-27-12-14-3-4-16(31-14)21(26)24-7-5-23(6-8-24)11-20(25)22-15-9-18-19(30-13-29-18)10-17(15)28-2/h3-4,9-10H,5-8,11-13H2,1-2H3,(H,22,25). The van der Waals surface area contributed by atoms with Crippen molar-refractivity contribution in [2.45, 2.75) is 6.61 Å². The number of methoxy groups -OCH3 is 2. The predicted octanol–water partition coefficient (Wildman–Crippen LogP) is 1.56. The Morgan fingerprint density at radius 3 is 2.52 bits per heavy atom. The summed E-state index contributed by atoms with van der Waals surface area (Å²) in [5, 5.41) is 2.86. The molecule has 2 amide bonds. The smallest absolute Gasteiger partial charge is 0.289 e. The number of hydrogen-bond donors (Lipinski definition) is 1. The first-order valence-electron chi connectivity index (χ1n) is 9.94. The number of fused-ring (bicyclic) bond motifs is 1. The van der Waals surface area contributed by atoms with E-state index < -0.39 is 0 Å². The Bertz CT molecular complexity index is 950. The third-order valence-corrected chi connectivity index (χ3v) is 5.15. The summed E-state index contributed by atoms with van der Waals surface area (Å²) in [5.74, 6) is 2.23. The van der Waals surface area contributed by atoms with E-state index in [-0.39, 0.29) is 25.2 Å². The highest BCUT2D eigenvalue weighted by atomic mass is 16.7. The van der Waals surface area contributed by atoms with Gasteiger partial charge in [-0.15, -0.1) is 0 Å². The van der Waals surface area contributed by atoms with Crippen LogP contribution in [-0.2, 0) is 16.1 Å². The van der Waals surface area contributed by atoms with Crippen LogP contribution in [0.5, 0.6) is 17.2 Å². The molecule has 10 nitrogen and oxygen atoms in total. The van der Waals surface area contributed by atoms with Crippen molar-refractivity contribution in [1.82, 2.24) is 9.80 Å². The molecule has 2 aliphatic heterocycles. The molecule has 0 atom stereocenters. The highest BCUT2D eigenvalue weighted by Gasteiger charge is 2.26. The Kier molecular flexibility index (Phi) is 6.28. The summed E-state index contributed by atoms with van der Waals surface area (Å²) in [6.45, 7) is 2.87. The van der Waals surface area contributed by atoms with Crippen LogP contribution in [-0.4, -0.2) is 75.4 Å². The van der Waals surface area contributed by atoms with Gasteiger partial charge in [-0.3, -0.25) is 14.5 Å². The van der Waals surface area contributed by atoms with Gasteiger partial charge >= 0.3 is 0 Å². The fraction of sp³-hybridized carbons (Fsp3) is 0.429. The van der Waals surface area contributed by atoms with Gasteiger partial charge in [0.15, 0.2) is 17.3 Å². The Morgan fingerprint density at radius 2 is 1.81 bits per heavy atom. The van der Waals surface area contributed by atoms with E-state index in [1.807, 2.05) is 4.90 Å². The van der Waals surface area contributed by atoms with Crippen LogP contribution >= 0.6 is 0 Å². The highest BCUT2D eigenvalue weighted by Crippen LogP contribution is 2.40. The SMILES string of the molecule is COCc1ccc(C(=O)N2CCN(CC(=O)Nc3cc4c(cc3OC)OCO4)CC2)o1. The monoisotopic (exact) mass is 431 g/mol. The quantitative estimate of drug-likeness (QED) is 0.705. The van der Waals surface area contributed by atoms with Crippen molar-refractivity contribution < 1.29 is 33.0 Å². The molecule has 10 heteroatoms. The maximum Gasteiger partial charge on any atom is 0.289 e. The minimum atomic E-state index is -0.174. The second-order valence-corrected chi connectivity index (χ2v) is 7.22. The number of furan rings is 1. The predicted molar refractivity (Wildman–Crippen MR) is 110 cm³/mol. The zero-order chi connectivity index (χ0) is 21.8. The molecule has 166 valence electrons. The molecule has 1 saturated heterocycles. The third-order valence-electron chi connectivity index (χ3n) is 5.15. The minimum Gasteiger partial charge on any atom is -0.494 e. The van der Waals surface area contributed by atoms with Crippen molar-refractivity contribution in [3.8, 4) is 17.2 Å². The van der Waals surface area contributed by atoms with Gasteiger partial charge in [0.2, 0.25) is 12.7 Å². The fourth-order valence-electron chi connectivity index (χ4n) is 3.56. The Hall–Kier alpha value is -3.24. The van der Waals surface area contributed by atoms with Gasteiger partial charge in [-0.1, -0.05) is 0 Å². The summed E-state index contributed by atoms with van der Waals surface area (Å²) in [7, 11) is 3.10. The normalized spacial score (nSPS) is 15.7. The van der Waals surface area contributed by atoms with E-state index in [1.165, 1.54) is 7.11 Å². The lowest BCUT2D eigenvalue weighted by Crippen LogP contribution is -2.50. The second-order valence-electron chi connectivity index (χ2n) is 7.22. The van der Waals surface area contributed by atoms with E-state index in [4.69, 9.17) is 23.4 Å². The number of nitrogens with zero attached hydrogens (tertiary/aromatic N) is 2. The topological polar surface area (TPSA) is 103 Å². The van der Waals surface area contributed by atoms with Gasteiger partial charge in [0.25, 0.3) is 5.91 Å². The number of hydrogen-bond acceptors (Lipinski definition) is 8. The maximum absolute atomic E-state index is 12.6. The zero-order valence-corrected chi connectivity index (χ0v) is 17.5. The summed E-state index contributed by atoms with van der Waals surface area (Å²) < 4.78 is 26.6. The number of carbonyl (C=O) groups is 2. The molecule has 0 radical (unpaired) electrons. The van der Waals surface area contributed by atoms with Gasteiger partial charge < -0.3 is 33.6 Å². The summed E-state index contributed by atoms with van der Waals surface area (Å²) in [6, 6.07) is 6.78. The molecular weight excluding hydrogens is 406 g/mol. The van der Waals surface area contributed by atoms with Gasteiger partial charge in [-0.05, 0) is 12.1 Å². The number of anilines is 1. The molecule has 3 heterocycles. The largest absolute Gasteiger partial charge is 0.494 e. The zero-order valence-electron chi connectivity index (χ0n) is 17.5. The molecule has 1 aromatic heterocycles. The van der Waals surface area contributed by atoms with Crippen LogP contribution in [0.15, 0.2) is 28.7 Å². The summed E-state index contributed by atoms with van der Waals surface area (Å²) in [6.07, 6.45) is 0. The fourth-order valence-corrected chi connectivity index (χ4v) is 3.56.